The number of nitrogens with zero attached hydrogens (tertiary/aromatic N) is 2. The van der Waals surface area contributed by atoms with Crippen molar-refractivity contribution in [3.63, 3.8) is 0 Å². The SMILES string of the molecule is Cc1ccc(NC(=O)Cn2ccc3ccc(Cl)cc32)cc1S(=O)(=O)N1CCOCC1. The van der Waals surface area contributed by atoms with E-state index in [0.29, 0.717) is 42.6 Å². The number of fused-ring (bicyclic) bond motifs is 1. The van der Waals surface area contributed by atoms with E-state index in [4.69, 9.17) is 16.3 Å². The van der Waals surface area contributed by atoms with Crippen molar-refractivity contribution in [3.05, 3.63) is 59.2 Å². The van der Waals surface area contributed by atoms with Gasteiger partial charge in [-0.25, -0.2) is 8.42 Å². The lowest BCUT2D eigenvalue weighted by Gasteiger charge is -2.26. The molecule has 0 radical (unpaired) electrons. The highest BCUT2D eigenvalue weighted by Crippen LogP contribution is 2.25. The van der Waals surface area contributed by atoms with Crippen molar-refractivity contribution in [2.75, 3.05) is 31.6 Å². The largest absolute Gasteiger partial charge is 0.379 e. The number of ether oxygens (including phenoxy) is 1. The zero-order chi connectivity index (χ0) is 21.3. The number of hydrogen-bond donors (Lipinski definition) is 1. The molecule has 1 aromatic heterocycles. The van der Waals surface area contributed by atoms with Crippen LogP contribution in [0, 0.1) is 6.92 Å². The van der Waals surface area contributed by atoms with E-state index in [9.17, 15) is 13.2 Å². The second kappa shape index (κ2) is 8.39. The molecule has 30 heavy (non-hydrogen) atoms. The molecule has 0 atom stereocenters. The highest BCUT2D eigenvalue weighted by atomic mass is 35.5. The monoisotopic (exact) mass is 447 g/mol. The second-order valence-corrected chi connectivity index (χ2v) is 9.53. The Labute approximate surface area is 180 Å². The first kappa shape index (κ1) is 20.9. The maximum absolute atomic E-state index is 13.0. The molecule has 0 saturated carbocycles. The first-order valence-electron chi connectivity index (χ1n) is 9.57. The molecule has 7 nitrogen and oxygen atoms in total. The van der Waals surface area contributed by atoms with E-state index in [-0.39, 0.29) is 17.3 Å². The fraction of sp³-hybridized carbons (Fsp3) is 0.286. The molecule has 0 aliphatic carbocycles. The molecule has 9 heteroatoms. The molecule has 1 saturated heterocycles. The Morgan fingerprint density at radius 1 is 1.13 bits per heavy atom. The molecule has 0 spiro atoms. The molecule has 1 aliphatic heterocycles. The Kier molecular flexibility index (Phi) is 5.84. The summed E-state index contributed by atoms with van der Waals surface area (Å²) < 4.78 is 34.5. The highest BCUT2D eigenvalue weighted by Gasteiger charge is 2.28. The van der Waals surface area contributed by atoms with E-state index in [2.05, 4.69) is 5.32 Å². The zero-order valence-corrected chi connectivity index (χ0v) is 18.0. The molecule has 2 aromatic carbocycles. The quantitative estimate of drug-likeness (QED) is 0.651. The van der Waals surface area contributed by atoms with Crippen LogP contribution < -0.4 is 5.32 Å². The summed E-state index contributed by atoms with van der Waals surface area (Å²) in [6, 6.07) is 12.3. The lowest BCUT2D eigenvalue weighted by atomic mass is 10.2. The summed E-state index contributed by atoms with van der Waals surface area (Å²) >= 11 is 6.07. The Hall–Kier alpha value is -2.39. The van der Waals surface area contributed by atoms with Gasteiger partial charge in [-0.3, -0.25) is 4.79 Å². The van der Waals surface area contributed by atoms with Crippen molar-refractivity contribution in [2.24, 2.45) is 0 Å². The summed E-state index contributed by atoms with van der Waals surface area (Å²) in [5, 5.41) is 4.39. The van der Waals surface area contributed by atoms with E-state index in [1.807, 2.05) is 24.4 Å². The average molecular weight is 448 g/mol. The van der Waals surface area contributed by atoms with Crippen LogP contribution in [0.1, 0.15) is 5.56 Å². The van der Waals surface area contributed by atoms with Gasteiger partial charge < -0.3 is 14.6 Å². The fourth-order valence-electron chi connectivity index (χ4n) is 3.53. The molecule has 1 aliphatic rings. The lowest BCUT2D eigenvalue weighted by molar-refractivity contribution is -0.116. The summed E-state index contributed by atoms with van der Waals surface area (Å²) in [5.41, 5.74) is 1.93. The summed E-state index contributed by atoms with van der Waals surface area (Å²) in [5.74, 6) is -0.258. The predicted octanol–water partition coefficient (Wildman–Crippen LogP) is 3.26. The maximum atomic E-state index is 13.0. The molecule has 1 amide bonds. The first-order valence-corrected chi connectivity index (χ1v) is 11.4. The number of amides is 1. The summed E-state index contributed by atoms with van der Waals surface area (Å²) in [6.45, 7) is 3.23. The van der Waals surface area contributed by atoms with Crippen molar-refractivity contribution in [3.8, 4) is 0 Å². The number of benzene rings is 2. The lowest BCUT2D eigenvalue weighted by Crippen LogP contribution is -2.40. The summed E-state index contributed by atoms with van der Waals surface area (Å²) in [4.78, 5) is 12.8. The smallest absolute Gasteiger partial charge is 0.244 e. The number of nitrogens with one attached hydrogen (secondary N) is 1. The third-order valence-electron chi connectivity index (χ3n) is 5.11. The van der Waals surface area contributed by atoms with Crippen molar-refractivity contribution in [1.29, 1.82) is 0 Å². The van der Waals surface area contributed by atoms with Crippen LogP contribution in [0.3, 0.4) is 0 Å². The van der Waals surface area contributed by atoms with Crippen molar-refractivity contribution in [2.45, 2.75) is 18.4 Å². The van der Waals surface area contributed by atoms with Crippen LogP contribution in [0.2, 0.25) is 5.02 Å². The maximum Gasteiger partial charge on any atom is 0.244 e. The van der Waals surface area contributed by atoms with E-state index in [1.54, 1.807) is 29.7 Å². The molecule has 2 heterocycles. The molecule has 1 N–H and O–H groups in total. The number of aryl methyl sites for hydroxylation is 1. The van der Waals surface area contributed by atoms with Crippen LogP contribution in [-0.4, -0.2) is 49.5 Å². The van der Waals surface area contributed by atoms with Gasteiger partial charge in [0.15, 0.2) is 0 Å². The van der Waals surface area contributed by atoms with Gasteiger partial charge in [0.25, 0.3) is 0 Å². The van der Waals surface area contributed by atoms with Gasteiger partial charge in [-0.1, -0.05) is 23.7 Å². The summed E-state index contributed by atoms with van der Waals surface area (Å²) in [7, 11) is -3.65. The number of carbonyl (C=O) groups excluding carboxylic acids is 1. The molecule has 4 rings (SSSR count). The molecular formula is C21H22ClN3O4S. The second-order valence-electron chi connectivity index (χ2n) is 7.19. The standard InChI is InChI=1S/C21H22ClN3O4S/c1-15-2-5-18(13-20(15)30(27,28)25-8-10-29-11-9-25)23-21(26)14-24-7-6-16-3-4-17(22)12-19(16)24/h2-7,12-13H,8-11,14H2,1H3,(H,23,26). The van der Waals surface area contributed by atoms with Crippen LogP contribution in [0.4, 0.5) is 5.69 Å². The summed E-state index contributed by atoms with van der Waals surface area (Å²) in [6.07, 6.45) is 1.82. The van der Waals surface area contributed by atoms with E-state index in [1.165, 1.54) is 10.4 Å². The Morgan fingerprint density at radius 3 is 2.67 bits per heavy atom. The van der Waals surface area contributed by atoms with Crippen molar-refractivity contribution >= 4 is 44.1 Å². The number of hydrogen-bond acceptors (Lipinski definition) is 4. The van der Waals surface area contributed by atoms with Gasteiger partial charge in [0.1, 0.15) is 6.54 Å². The predicted molar refractivity (Wildman–Crippen MR) is 116 cm³/mol. The third-order valence-corrected chi connectivity index (χ3v) is 7.39. The fourth-order valence-corrected chi connectivity index (χ4v) is 5.36. The minimum Gasteiger partial charge on any atom is -0.379 e. The number of aromatic nitrogens is 1. The van der Waals surface area contributed by atoms with Gasteiger partial charge in [-0.2, -0.15) is 4.31 Å². The Morgan fingerprint density at radius 2 is 1.90 bits per heavy atom. The number of anilines is 1. The number of carbonyl (C=O) groups is 1. The van der Waals surface area contributed by atoms with Gasteiger partial charge in [0.2, 0.25) is 15.9 Å². The molecule has 1 fully saturated rings. The molecule has 158 valence electrons. The van der Waals surface area contributed by atoms with Gasteiger partial charge in [0.05, 0.1) is 18.1 Å². The number of morpholine rings is 1. The average Bonchev–Trinajstić information content (AvgIpc) is 3.11. The third kappa shape index (κ3) is 4.22. The van der Waals surface area contributed by atoms with Crippen LogP contribution in [0.15, 0.2) is 53.6 Å². The Bertz CT molecular complexity index is 1200. The molecule has 0 unspecified atom stereocenters. The molecule has 3 aromatic rings. The van der Waals surface area contributed by atoms with Crippen LogP contribution in [0.5, 0.6) is 0 Å². The minimum absolute atomic E-state index is 0.0866. The van der Waals surface area contributed by atoms with Gasteiger partial charge in [-0.15, -0.1) is 0 Å². The van der Waals surface area contributed by atoms with Gasteiger partial charge in [0, 0.05) is 35.5 Å². The topological polar surface area (TPSA) is 80.6 Å². The van der Waals surface area contributed by atoms with Crippen LogP contribution >= 0.6 is 11.6 Å². The van der Waals surface area contributed by atoms with Gasteiger partial charge >= 0.3 is 0 Å². The van der Waals surface area contributed by atoms with Crippen LogP contribution in [-0.2, 0) is 26.1 Å². The van der Waals surface area contributed by atoms with E-state index < -0.39 is 10.0 Å². The molecular weight excluding hydrogens is 426 g/mol. The van der Waals surface area contributed by atoms with Gasteiger partial charge in [-0.05, 0) is 48.2 Å². The first-order chi connectivity index (χ1) is 14.3. The highest BCUT2D eigenvalue weighted by molar-refractivity contribution is 7.89. The zero-order valence-electron chi connectivity index (χ0n) is 16.5. The number of sulfonamides is 1. The Balaban J connectivity index is 1.54. The van der Waals surface area contributed by atoms with E-state index in [0.717, 1.165) is 10.9 Å². The van der Waals surface area contributed by atoms with Crippen molar-refractivity contribution in [1.82, 2.24) is 8.87 Å². The van der Waals surface area contributed by atoms with Crippen LogP contribution in [0.25, 0.3) is 10.9 Å². The number of rotatable bonds is 5. The van der Waals surface area contributed by atoms with Crippen molar-refractivity contribution < 1.29 is 17.9 Å². The minimum atomic E-state index is -3.65. The number of halogens is 1. The normalized spacial score (nSPS) is 15.4. The van der Waals surface area contributed by atoms with E-state index >= 15 is 0 Å². The molecule has 0 bridgehead atoms.